The number of aromatic nitrogens is 4. The summed E-state index contributed by atoms with van der Waals surface area (Å²) < 4.78 is 1.56. The molecule has 82 valence electrons. The molecule has 1 aromatic carbocycles. The number of nitrogens with zero attached hydrogens (tertiary/aromatic N) is 5. The topological polar surface area (TPSA) is 86.7 Å². The first-order valence-electron chi connectivity index (χ1n) is 4.61. The largest absolute Gasteiger partial charge is 0.272 e. The summed E-state index contributed by atoms with van der Waals surface area (Å²) in [5, 5.41) is 21.4. The third-order valence-electron chi connectivity index (χ3n) is 2.19. The summed E-state index contributed by atoms with van der Waals surface area (Å²) in [5.74, 6) is 0. The van der Waals surface area contributed by atoms with Gasteiger partial charge in [-0.3, -0.25) is 10.1 Å². The van der Waals surface area contributed by atoms with Gasteiger partial charge in [0, 0.05) is 11.6 Å². The third-order valence-corrected chi connectivity index (χ3v) is 2.19. The average Bonchev–Trinajstić information content (AvgIpc) is 2.70. The van der Waals surface area contributed by atoms with Crippen LogP contribution in [0.5, 0.6) is 0 Å². The maximum Gasteiger partial charge on any atom is 0.272 e. The Labute approximate surface area is 90.9 Å². The summed E-state index contributed by atoms with van der Waals surface area (Å²) in [6.07, 6.45) is 1.50. The maximum atomic E-state index is 10.6. The Morgan fingerprint density at radius 1 is 1.50 bits per heavy atom. The lowest BCUT2D eigenvalue weighted by Crippen LogP contribution is -2.01. The van der Waals surface area contributed by atoms with Gasteiger partial charge in [-0.15, -0.1) is 5.10 Å². The van der Waals surface area contributed by atoms with E-state index in [9.17, 15) is 10.1 Å². The average molecular weight is 219 g/mol. The number of hydrogen-bond acceptors (Lipinski definition) is 5. The highest BCUT2D eigenvalue weighted by molar-refractivity contribution is 5.41. The van der Waals surface area contributed by atoms with Crippen molar-refractivity contribution in [1.82, 2.24) is 20.2 Å². The highest BCUT2D eigenvalue weighted by atomic mass is 16.6. The standard InChI is InChI=1S/C9H9N5O2/c1-7-4-8(2-3-9(7)14(15)16)5-13-6-10-11-12-13/h2-4,6H,5H2,1H3. The van der Waals surface area contributed by atoms with Crippen LogP contribution >= 0.6 is 0 Å². The number of nitro groups is 1. The van der Waals surface area contributed by atoms with Crippen molar-refractivity contribution < 1.29 is 4.92 Å². The van der Waals surface area contributed by atoms with Crippen LogP contribution in [0, 0.1) is 17.0 Å². The van der Waals surface area contributed by atoms with Crippen molar-refractivity contribution in [1.29, 1.82) is 0 Å². The molecule has 7 nitrogen and oxygen atoms in total. The van der Waals surface area contributed by atoms with Crippen LogP contribution in [0.2, 0.25) is 0 Å². The van der Waals surface area contributed by atoms with Crippen LogP contribution in [0.25, 0.3) is 0 Å². The van der Waals surface area contributed by atoms with Gasteiger partial charge in [-0.25, -0.2) is 4.68 Å². The molecule has 0 saturated heterocycles. The van der Waals surface area contributed by atoms with Crippen LogP contribution in [0.1, 0.15) is 11.1 Å². The van der Waals surface area contributed by atoms with E-state index in [4.69, 9.17) is 0 Å². The quantitative estimate of drug-likeness (QED) is 0.566. The zero-order valence-electron chi connectivity index (χ0n) is 8.57. The van der Waals surface area contributed by atoms with Gasteiger partial charge in [-0.2, -0.15) is 0 Å². The SMILES string of the molecule is Cc1cc(Cn2cnnn2)ccc1[N+](=O)[O-]. The van der Waals surface area contributed by atoms with E-state index in [2.05, 4.69) is 15.5 Å². The molecule has 0 atom stereocenters. The molecule has 2 rings (SSSR count). The van der Waals surface area contributed by atoms with Crippen LogP contribution in [0.4, 0.5) is 5.69 Å². The molecule has 0 unspecified atom stereocenters. The van der Waals surface area contributed by atoms with Gasteiger partial charge in [0.2, 0.25) is 0 Å². The third kappa shape index (κ3) is 2.02. The predicted octanol–water partition coefficient (Wildman–Crippen LogP) is 0.938. The van der Waals surface area contributed by atoms with E-state index in [1.54, 1.807) is 23.7 Å². The lowest BCUT2D eigenvalue weighted by molar-refractivity contribution is -0.385. The van der Waals surface area contributed by atoms with Crippen LogP contribution in [-0.4, -0.2) is 25.1 Å². The first-order valence-corrected chi connectivity index (χ1v) is 4.61. The Balaban J connectivity index is 2.24. The molecule has 0 aliphatic rings. The van der Waals surface area contributed by atoms with Gasteiger partial charge in [-0.05, 0) is 29.0 Å². The van der Waals surface area contributed by atoms with Crippen molar-refractivity contribution in [2.45, 2.75) is 13.5 Å². The Kier molecular flexibility index (Phi) is 2.59. The molecule has 0 N–H and O–H groups in total. The Morgan fingerprint density at radius 2 is 2.31 bits per heavy atom. The molecule has 1 aromatic heterocycles. The lowest BCUT2D eigenvalue weighted by Gasteiger charge is -2.02. The molecule has 0 amide bonds. The number of rotatable bonds is 3. The van der Waals surface area contributed by atoms with E-state index < -0.39 is 4.92 Å². The summed E-state index contributed by atoms with van der Waals surface area (Å²) in [6, 6.07) is 4.96. The van der Waals surface area contributed by atoms with E-state index in [0.29, 0.717) is 12.1 Å². The van der Waals surface area contributed by atoms with Gasteiger partial charge in [0.05, 0.1) is 11.5 Å². The number of tetrazole rings is 1. The summed E-state index contributed by atoms with van der Waals surface area (Å²) in [5.41, 5.74) is 1.69. The van der Waals surface area contributed by atoms with Crippen molar-refractivity contribution >= 4 is 5.69 Å². The minimum atomic E-state index is -0.393. The Bertz CT molecular complexity index is 509. The van der Waals surface area contributed by atoms with Crippen molar-refractivity contribution in [3.8, 4) is 0 Å². The molecule has 0 bridgehead atoms. The van der Waals surface area contributed by atoms with Gasteiger partial charge in [0.1, 0.15) is 6.33 Å². The van der Waals surface area contributed by atoms with Gasteiger partial charge in [0.25, 0.3) is 5.69 Å². The first-order chi connectivity index (χ1) is 7.66. The molecule has 1 heterocycles. The molecule has 0 spiro atoms. The molecule has 0 radical (unpaired) electrons. The number of aryl methyl sites for hydroxylation is 1. The molecule has 16 heavy (non-hydrogen) atoms. The van der Waals surface area contributed by atoms with Crippen LogP contribution in [0.15, 0.2) is 24.5 Å². The van der Waals surface area contributed by atoms with Gasteiger partial charge >= 0.3 is 0 Å². The van der Waals surface area contributed by atoms with Crippen molar-refractivity contribution in [3.05, 3.63) is 45.8 Å². The maximum absolute atomic E-state index is 10.6. The van der Waals surface area contributed by atoms with Gasteiger partial charge in [-0.1, -0.05) is 6.07 Å². The van der Waals surface area contributed by atoms with E-state index in [0.717, 1.165) is 5.56 Å². The number of hydrogen-bond donors (Lipinski definition) is 0. The van der Waals surface area contributed by atoms with E-state index in [1.165, 1.54) is 12.4 Å². The summed E-state index contributed by atoms with van der Waals surface area (Å²) in [4.78, 5) is 10.2. The minimum Gasteiger partial charge on any atom is -0.258 e. The fourth-order valence-corrected chi connectivity index (χ4v) is 1.46. The fraction of sp³-hybridized carbons (Fsp3) is 0.222. The molecule has 2 aromatic rings. The second kappa shape index (κ2) is 4.05. The van der Waals surface area contributed by atoms with E-state index in [-0.39, 0.29) is 5.69 Å². The van der Waals surface area contributed by atoms with Crippen LogP contribution < -0.4 is 0 Å². The van der Waals surface area contributed by atoms with E-state index in [1.807, 2.05) is 0 Å². The van der Waals surface area contributed by atoms with Crippen molar-refractivity contribution in [3.63, 3.8) is 0 Å². The summed E-state index contributed by atoms with van der Waals surface area (Å²) >= 11 is 0. The predicted molar refractivity (Wildman–Crippen MR) is 54.8 cm³/mol. The normalized spacial score (nSPS) is 10.3. The highest BCUT2D eigenvalue weighted by Gasteiger charge is 2.10. The number of nitro benzene ring substituents is 1. The zero-order valence-corrected chi connectivity index (χ0v) is 8.57. The minimum absolute atomic E-state index is 0.125. The van der Waals surface area contributed by atoms with Crippen LogP contribution in [0.3, 0.4) is 0 Å². The van der Waals surface area contributed by atoms with Crippen molar-refractivity contribution in [2.75, 3.05) is 0 Å². The lowest BCUT2D eigenvalue weighted by atomic mass is 10.1. The summed E-state index contributed by atoms with van der Waals surface area (Å²) in [7, 11) is 0. The molecule has 0 aliphatic heterocycles. The summed E-state index contributed by atoms with van der Waals surface area (Å²) in [6.45, 7) is 2.22. The van der Waals surface area contributed by atoms with E-state index >= 15 is 0 Å². The monoisotopic (exact) mass is 219 g/mol. The van der Waals surface area contributed by atoms with Gasteiger partial charge < -0.3 is 0 Å². The second-order valence-corrected chi connectivity index (χ2v) is 3.39. The molecule has 0 saturated carbocycles. The fourth-order valence-electron chi connectivity index (χ4n) is 1.46. The molecule has 0 aliphatic carbocycles. The Hall–Kier alpha value is -2.31. The second-order valence-electron chi connectivity index (χ2n) is 3.39. The molecular formula is C9H9N5O2. The smallest absolute Gasteiger partial charge is 0.258 e. The van der Waals surface area contributed by atoms with Gasteiger partial charge in [0.15, 0.2) is 0 Å². The first kappa shape index (κ1) is 10.2. The molecule has 0 fully saturated rings. The highest BCUT2D eigenvalue weighted by Crippen LogP contribution is 2.18. The number of benzene rings is 1. The van der Waals surface area contributed by atoms with Crippen molar-refractivity contribution in [2.24, 2.45) is 0 Å². The molecular weight excluding hydrogens is 210 g/mol. The zero-order chi connectivity index (χ0) is 11.5. The van der Waals surface area contributed by atoms with Crippen LogP contribution in [-0.2, 0) is 6.54 Å². The molecule has 7 heteroatoms. The Morgan fingerprint density at radius 3 is 2.88 bits per heavy atom.